The molecule has 0 bridgehead atoms. The number of rotatable bonds is 5. The van der Waals surface area contributed by atoms with Crippen molar-refractivity contribution >= 4 is 15.7 Å². The van der Waals surface area contributed by atoms with Gasteiger partial charge in [0.2, 0.25) is 10.0 Å². The van der Waals surface area contributed by atoms with E-state index in [9.17, 15) is 13.5 Å². The molecule has 6 heteroatoms. The highest BCUT2D eigenvalue weighted by Gasteiger charge is 2.30. The summed E-state index contributed by atoms with van der Waals surface area (Å²) in [6.07, 6.45) is 3.51. The van der Waals surface area contributed by atoms with Gasteiger partial charge in [0.05, 0.1) is 11.0 Å². The molecule has 2 N–H and O–H groups in total. The maximum Gasteiger partial charge on any atom is 0.240 e. The average molecular weight is 310 g/mol. The lowest BCUT2D eigenvalue weighted by atomic mass is 10.0. The first kappa shape index (κ1) is 14.8. The number of hydrogen-bond acceptors (Lipinski definition) is 4. The van der Waals surface area contributed by atoms with Crippen molar-refractivity contribution in [1.29, 1.82) is 0 Å². The van der Waals surface area contributed by atoms with Gasteiger partial charge < -0.3 is 10.0 Å². The zero-order chi connectivity index (χ0) is 15.0. The second kappa shape index (κ2) is 5.59. The summed E-state index contributed by atoms with van der Waals surface area (Å²) >= 11 is 0. The Labute approximate surface area is 126 Å². The largest absolute Gasteiger partial charge is 0.391 e. The number of sulfonamides is 1. The average Bonchev–Trinajstić information content (AvgIpc) is 3.29. The number of nitrogens with zero attached hydrogens (tertiary/aromatic N) is 1. The summed E-state index contributed by atoms with van der Waals surface area (Å²) in [6, 6.07) is 5.29. The van der Waals surface area contributed by atoms with E-state index in [1.165, 1.54) is 5.56 Å². The van der Waals surface area contributed by atoms with Gasteiger partial charge in [0.15, 0.2) is 0 Å². The second-order valence-corrected chi connectivity index (χ2v) is 7.84. The smallest absolute Gasteiger partial charge is 0.240 e. The molecule has 0 saturated heterocycles. The Hall–Kier alpha value is -1.11. The van der Waals surface area contributed by atoms with Crippen LogP contribution in [0.2, 0.25) is 0 Å². The monoisotopic (exact) mass is 310 g/mol. The predicted octanol–water partition coefficient (Wildman–Crippen LogP) is 1.12. The van der Waals surface area contributed by atoms with Gasteiger partial charge in [-0.1, -0.05) is 6.07 Å². The standard InChI is InChI=1S/C15H22N2O3S/c1-17-8-2-3-11-6-7-13(9-14(11)17)21(19,20)16-10-15(18)12-4-5-12/h6-7,9,12,15-16,18H,2-5,8,10H2,1H3. The van der Waals surface area contributed by atoms with Crippen molar-refractivity contribution in [3.63, 3.8) is 0 Å². The van der Waals surface area contributed by atoms with E-state index in [1.54, 1.807) is 12.1 Å². The fourth-order valence-electron chi connectivity index (χ4n) is 2.83. The van der Waals surface area contributed by atoms with Gasteiger partial charge in [-0.2, -0.15) is 0 Å². The van der Waals surface area contributed by atoms with Crippen molar-refractivity contribution in [2.45, 2.75) is 36.7 Å². The zero-order valence-corrected chi connectivity index (χ0v) is 13.1. The molecule has 1 atom stereocenters. The van der Waals surface area contributed by atoms with E-state index >= 15 is 0 Å². The van der Waals surface area contributed by atoms with Crippen LogP contribution in [0, 0.1) is 5.92 Å². The maximum atomic E-state index is 12.3. The van der Waals surface area contributed by atoms with Crippen molar-refractivity contribution in [3.05, 3.63) is 23.8 Å². The zero-order valence-electron chi connectivity index (χ0n) is 12.2. The number of anilines is 1. The number of aliphatic hydroxyl groups excluding tert-OH is 1. The fraction of sp³-hybridized carbons (Fsp3) is 0.600. The minimum absolute atomic E-state index is 0.0971. The van der Waals surface area contributed by atoms with Crippen LogP contribution in [0.3, 0.4) is 0 Å². The first-order valence-electron chi connectivity index (χ1n) is 7.49. The Morgan fingerprint density at radius 2 is 2.19 bits per heavy atom. The van der Waals surface area contributed by atoms with E-state index in [0.717, 1.165) is 37.9 Å². The molecule has 116 valence electrons. The first-order valence-corrected chi connectivity index (χ1v) is 8.97. The van der Waals surface area contributed by atoms with Gasteiger partial charge in [0.25, 0.3) is 0 Å². The van der Waals surface area contributed by atoms with Gasteiger partial charge in [0, 0.05) is 25.8 Å². The summed E-state index contributed by atoms with van der Waals surface area (Å²) in [6.45, 7) is 1.05. The highest BCUT2D eigenvalue weighted by atomic mass is 32.2. The van der Waals surface area contributed by atoms with Gasteiger partial charge in [-0.3, -0.25) is 0 Å². The molecule has 0 spiro atoms. The molecule has 0 amide bonds. The van der Waals surface area contributed by atoms with Gasteiger partial charge in [0.1, 0.15) is 0 Å². The van der Waals surface area contributed by atoms with Gasteiger partial charge >= 0.3 is 0 Å². The molecule has 1 heterocycles. The topological polar surface area (TPSA) is 69.6 Å². The summed E-state index contributed by atoms with van der Waals surface area (Å²) in [4.78, 5) is 2.37. The maximum absolute atomic E-state index is 12.3. The summed E-state index contributed by atoms with van der Waals surface area (Å²) in [5, 5.41) is 9.80. The normalized spacial score (nSPS) is 20.2. The molecule has 1 unspecified atom stereocenters. The molecule has 1 fully saturated rings. The van der Waals surface area contributed by atoms with Crippen LogP contribution in [-0.4, -0.2) is 39.8 Å². The molecule has 3 rings (SSSR count). The van der Waals surface area contributed by atoms with E-state index in [2.05, 4.69) is 9.62 Å². The Balaban J connectivity index is 1.76. The van der Waals surface area contributed by atoms with Crippen molar-refractivity contribution < 1.29 is 13.5 Å². The molecule has 0 radical (unpaired) electrons. The molecular formula is C15H22N2O3S. The molecule has 21 heavy (non-hydrogen) atoms. The second-order valence-electron chi connectivity index (χ2n) is 6.07. The van der Waals surface area contributed by atoms with Gasteiger partial charge in [-0.15, -0.1) is 0 Å². The van der Waals surface area contributed by atoms with Crippen molar-refractivity contribution in [1.82, 2.24) is 4.72 Å². The van der Waals surface area contributed by atoms with Crippen molar-refractivity contribution in [2.24, 2.45) is 5.92 Å². The van der Waals surface area contributed by atoms with Crippen LogP contribution in [0.25, 0.3) is 0 Å². The molecule has 0 aromatic heterocycles. The lowest BCUT2D eigenvalue weighted by molar-refractivity contribution is 0.155. The molecule has 1 aromatic rings. The molecule has 1 aromatic carbocycles. The van der Waals surface area contributed by atoms with Crippen LogP contribution in [0.15, 0.2) is 23.1 Å². The molecular weight excluding hydrogens is 288 g/mol. The molecule has 5 nitrogen and oxygen atoms in total. The van der Waals surface area contributed by atoms with Crippen LogP contribution in [0.4, 0.5) is 5.69 Å². The predicted molar refractivity (Wildman–Crippen MR) is 82.0 cm³/mol. The number of fused-ring (bicyclic) bond motifs is 1. The number of benzene rings is 1. The number of aryl methyl sites for hydroxylation is 1. The minimum Gasteiger partial charge on any atom is -0.391 e. The third-order valence-corrected chi connectivity index (χ3v) is 5.79. The number of aliphatic hydroxyl groups is 1. The van der Waals surface area contributed by atoms with Crippen LogP contribution >= 0.6 is 0 Å². The first-order chi connectivity index (χ1) is 9.97. The highest BCUT2D eigenvalue weighted by Crippen LogP contribution is 2.32. The van der Waals surface area contributed by atoms with E-state index < -0.39 is 16.1 Å². The Morgan fingerprint density at radius 1 is 1.43 bits per heavy atom. The van der Waals surface area contributed by atoms with E-state index in [-0.39, 0.29) is 17.4 Å². The third-order valence-electron chi connectivity index (χ3n) is 4.37. The Morgan fingerprint density at radius 3 is 2.90 bits per heavy atom. The molecule has 2 aliphatic rings. The lowest BCUT2D eigenvalue weighted by Gasteiger charge is -2.28. The molecule has 1 aliphatic heterocycles. The summed E-state index contributed by atoms with van der Waals surface area (Å²) in [5.74, 6) is 0.266. The summed E-state index contributed by atoms with van der Waals surface area (Å²) in [5.41, 5.74) is 2.19. The Kier molecular flexibility index (Phi) is 3.94. The van der Waals surface area contributed by atoms with Crippen LogP contribution in [0.5, 0.6) is 0 Å². The van der Waals surface area contributed by atoms with Gasteiger partial charge in [-0.05, 0) is 49.3 Å². The Bertz CT molecular complexity index is 626. The van der Waals surface area contributed by atoms with E-state index in [4.69, 9.17) is 0 Å². The summed E-state index contributed by atoms with van der Waals surface area (Å²) in [7, 11) is -1.57. The fourth-order valence-corrected chi connectivity index (χ4v) is 3.90. The van der Waals surface area contributed by atoms with Crippen LogP contribution < -0.4 is 9.62 Å². The van der Waals surface area contributed by atoms with E-state index in [1.807, 2.05) is 13.1 Å². The van der Waals surface area contributed by atoms with Crippen molar-refractivity contribution in [3.8, 4) is 0 Å². The molecule has 1 aliphatic carbocycles. The minimum atomic E-state index is -3.55. The van der Waals surface area contributed by atoms with Crippen LogP contribution in [-0.2, 0) is 16.4 Å². The highest BCUT2D eigenvalue weighted by molar-refractivity contribution is 7.89. The van der Waals surface area contributed by atoms with E-state index in [0.29, 0.717) is 0 Å². The summed E-state index contributed by atoms with van der Waals surface area (Å²) < 4.78 is 27.2. The number of nitrogens with one attached hydrogen (secondary N) is 1. The van der Waals surface area contributed by atoms with Crippen molar-refractivity contribution in [2.75, 3.05) is 25.0 Å². The lowest BCUT2D eigenvalue weighted by Crippen LogP contribution is -2.33. The quantitative estimate of drug-likeness (QED) is 0.855. The van der Waals surface area contributed by atoms with Crippen LogP contribution in [0.1, 0.15) is 24.8 Å². The third kappa shape index (κ3) is 3.22. The molecule has 1 saturated carbocycles. The number of hydrogen-bond donors (Lipinski definition) is 2. The SMILES string of the molecule is CN1CCCc2ccc(S(=O)(=O)NCC(O)C3CC3)cc21. The van der Waals surface area contributed by atoms with Gasteiger partial charge in [-0.25, -0.2) is 13.1 Å².